The first-order chi connectivity index (χ1) is 19.6. The molecule has 0 heterocycles. The summed E-state index contributed by atoms with van der Waals surface area (Å²) >= 11 is 0. The molecule has 0 saturated heterocycles. The molecule has 5 nitrogen and oxygen atoms in total. The number of nitrogens with one attached hydrogen (secondary N) is 1. The van der Waals surface area contributed by atoms with Crippen molar-refractivity contribution in [2.45, 2.75) is 135 Å². The minimum absolute atomic E-state index is 0.00636. The molecule has 238 valence electrons. The highest BCUT2D eigenvalue weighted by Gasteiger charge is 2.64. The lowest BCUT2D eigenvalue weighted by Crippen LogP contribution is -2.62. The van der Waals surface area contributed by atoms with Crippen LogP contribution >= 0.6 is 0 Å². The molecule has 6 heteroatoms. The summed E-state index contributed by atoms with van der Waals surface area (Å²) in [6, 6.07) is 7.30. The Bertz CT molecular complexity index is 1190. The summed E-state index contributed by atoms with van der Waals surface area (Å²) in [5, 5.41) is 22.5. The van der Waals surface area contributed by atoms with E-state index in [4.69, 9.17) is 0 Å². The van der Waals surface area contributed by atoms with E-state index in [0.29, 0.717) is 52.9 Å². The SMILES string of the molecule is CC[C@@H]1C2C[C@H](O)CCC2(C)C2CCC3(C)C(C(C)CCCNS(=O)(=O)c4ccc(C(C)(C)C)cc4)CCC3C2[C@@H]1O. The molecule has 4 fully saturated rings. The fraction of sp³-hybridized carbons (Fsp3) is 0.833. The van der Waals surface area contributed by atoms with Crippen molar-refractivity contribution in [3.05, 3.63) is 29.8 Å². The van der Waals surface area contributed by atoms with Crippen LogP contribution in [0.25, 0.3) is 0 Å². The van der Waals surface area contributed by atoms with Crippen molar-refractivity contribution in [1.82, 2.24) is 4.72 Å². The third-order valence-electron chi connectivity index (χ3n) is 13.3. The van der Waals surface area contributed by atoms with Gasteiger partial charge < -0.3 is 10.2 Å². The zero-order chi connectivity index (χ0) is 30.7. The van der Waals surface area contributed by atoms with Crippen LogP contribution in [0, 0.1) is 52.3 Å². The largest absolute Gasteiger partial charge is 0.393 e. The van der Waals surface area contributed by atoms with Crippen LogP contribution in [0.15, 0.2) is 29.2 Å². The van der Waals surface area contributed by atoms with Gasteiger partial charge in [-0.3, -0.25) is 0 Å². The first-order valence-electron chi connectivity index (χ1n) is 17.1. The normalized spacial score (nSPS) is 41.1. The van der Waals surface area contributed by atoms with Gasteiger partial charge in [-0.25, -0.2) is 13.1 Å². The Morgan fingerprint density at radius 1 is 0.952 bits per heavy atom. The molecule has 5 rings (SSSR count). The van der Waals surface area contributed by atoms with Crippen molar-refractivity contribution >= 4 is 10.0 Å². The van der Waals surface area contributed by atoms with Gasteiger partial charge in [0.05, 0.1) is 17.1 Å². The maximum Gasteiger partial charge on any atom is 0.240 e. The van der Waals surface area contributed by atoms with Crippen molar-refractivity contribution in [2.75, 3.05) is 6.54 Å². The van der Waals surface area contributed by atoms with Gasteiger partial charge in [-0.2, -0.15) is 0 Å². The minimum atomic E-state index is -3.51. The van der Waals surface area contributed by atoms with Crippen LogP contribution in [-0.4, -0.2) is 37.4 Å². The van der Waals surface area contributed by atoms with Crippen molar-refractivity contribution < 1.29 is 18.6 Å². The Kier molecular flexibility index (Phi) is 9.09. The minimum Gasteiger partial charge on any atom is -0.393 e. The molecule has 0 amide bonds. The Labute approximate surface area is 256 Å². The number of sulfonamides is 1. The summed E-state index contributed by atoms with van der Waals surface area (Å²) in [5.41, 5.74) is 1.60. The van der Waals surface area contributed by atoms with E-state index in [1.54, 1.807) is 12.1 Å². The Morgan fingerprint density at radius 2 is 1.60 bits per heavy atom. The zero-order valence-electron chi connectivity index (χ0n) is 27.4. The van der Waals surface area contributed by atoms with E-state index in [2.05, 4.69) is 53.2 Å². The lowest BCUT2D eigenvalue weighted by Gasteiger charge is -2.64. The number of hydrogen-bond donors (Lipinski definition) is 3. The maximum absolute atomic E-state index is 12.9. The van der Waals surface area contributed by atoms with E-state index < -0.39 is 10.0 Å². The molecule has 0 spiro atoms. The van der Waals surface area contributed by atoms with Crippen LogP contribution in [0.4, 0.5) is 0 Å². The molecule has 0 aliphatic heterocycles. The molecule has 11 atom stereocenters. The van der Waals surface area contributed by atoms with Gasteiger partial charge in [0, 0.05) is 6.54 Å². The molecule has 4 aliphatic carbocycles. The van der Waals surface area contributed by atoms with Gasteiger partial charge >= 0.3 is 0 Å². The molecule has 1 aromatic rings. The molecular weight excluding hydrogens is 542 g/mol. The predicted molar refractivity (Wildman–Crippen MR) is 171 cm³/mol. The first kappa shape index (κ1) is 32.4. The molecule has 3 N–H and O–H groups in total. The number of benzene rings is 1. The third-order valence-corrected chi connectivity index (χ3v) is 14.8. The topological polar surface area (TPSA) is 86.6 Å². The fourth-order valence-corrected chi connectivity index (χ4v) is 12.1. The van der Waals surface area contributed by atoms with Crippen LogP contribution in [-0.2, 0) is 15.4 Å². The molecule has 0 bridgehead atoms. The summed E-state index contributed by atoms with van der Waals surface area (Å²) < 4.78 is 28.7. The molecule has 0 radical (unpaired) electrons. The second kappa shape index (κ2) is 11.8. The smallest absolute Gasteiger partial charge is 0.240 e. The lowest BCUT2D eigenvalue weighted by molar-refractivity contribution is -0.203. The quantitative estimate of drug-likeness (QED) is 0.273. The molecule has 1 aromatic carbocycles. The number of fused-ring (bicyclic) bond motifs is 5. The van der Waals surface area contributed by atoms with Crippen LogP contribution < -0.4 is 4.72 Å². The van der Waals surface area contributed by atoms with Gasteiger partial charge in [0.25, 0.3) is 0 Å². The molecular formula is C36H59NO4S. The monoisotopic (exact) mass is 601 g/mol. The average molecular weight is 602 g/mol. The second-order valence-electron chi connectivity index (χ2n) is 16.4. The Balaban J connectivity index is 1.21. The van der Waals surface area contributed by atoms with Crippen molar-refractivity contribution in [1.29, 1.82) is 0 Å². The highest BCUT2D eigenvalue weighted by molar-refractivity contribution is 7.89. The van der Waals surface area contributed by atoms with E-state index >= 15 is 0 Å². The highest BCUT2D eigenvalue weighted by Crippen LogP contribution is 2.69. The number of aliphatic hydroxyl groups excluding tert-OH is 2. The van der Waals surface area contributed by atoms with Crippen molar-refractivity contribution in [3.63, 3.8) is 0 Å². The fourth-order valence-electron chi connectivity index (χ4n) is 11.0. The molecule has 4 aliphatic rings. The van der Waals surface area contributed by atoms with Crippen LogP contribution in [0.5, 0.6) is 0 Å². The van der Waals surface area contributed by atoms with Crippen molar-refractivity contribution in [2.24, 2.45) is 52.3 Å². The van der Waals surface area contributed by atoms with Gasteiger partial charge in [-0.1, -0.05) is 67.0 Å². The van der Waals surface area contributed by atoms with Gasteiger partial charge in [-0.05, 0) is 133 Å². The second-order valence-corrected chi connectivity index (χ2v) is 18.2. The van der Waals surface area contributed by atoms with E-state index in [1.165, 1.54) is 25.7 Å². The predicted octanol–water partition coefficient (Wildman–Crippen LogP) is 7.31. The summed E-state index contributed by atoms with van der Waals surface area (Å²) in [5.74, 6) is 3.38. The zero-order valence-corrected chi connectivity index (χ0v) is 28.2. The molecule has 8 unspecified atom stereocenters. The standard InChI is InChI=1S/C36H59NO4S/c1-8-27-31-22-25(38)17-19-36(31,7)30-18-20-35(6)28(15-16-29(35)32(30)33(27)39)23(2)10-9-21-37-42(40,41)26-13-11-24(12-14-26)34(3,4)5/h11-14,23,25,27-33,37-39H,8-10,15-22H2,1-7H3/t23?,25-,27-,28?,29?,30?,31?,32?,33-,35?,36?/m1/s1. The van der Waals surface area contributed by atoms with Crippen LogP contribution in [0.1, 0.15) is 118 Å². The Hall–Kier alpha value is -0.950. The van der Waals surface area contributed by atoms with Crippen LogP contribution in [0.2, 0.25) is 0 Å². The van der Waals surface area contributed by atoms with Gasteiger partial charge in [0.15, 0.2) is 0 Å². The van der Waals surface area contributed by atoms with Gasteiger partial charge in [-0.15, -0.1) is 0 Å². The summed E-state index contributed by atoms with van der Waals surface area (Å²) in [6.07, 6.45) is 10.1. The molecule has 4 saturated carbocycles. The molecule has 0 aromatic heterocycles. The van der Waals surface area contributed by atoms with Crippen molar-refractivity contribution in [3.8, 4) is 0 Å². The average Bonchev–Trinajstić information content (AvgIpc) is 3.29. The third kappa shape index (κ3) is 5.65. The number of rotatable bonds is 8. The highest BCUT2D eigenvalue weighted by atomic mass is 32.2. The van der Waals surface area contributed by atoms with E-state index in [9.17, 15) is 18.6 Å². The summed E-state index contributed by atoms with van der Waals surface area (Å²) in [4.78, 5) is 0.339. The van der Waals surface area contributed by atoms with E-state index in [0.717, 1.165) is 44.1 Å². The summed E-state index contributed by atoms with van der Waals surface area (Å²) in [7, 11) is -3.51. The molecule has 42 heavy (non-hydrogen) atoms. The lowest BCUT2D eigenvalue weighted by atomic mass is 9.41. The van der Waals surface area contributed by atoms with Gasteiger partial charge in [0.2, 0.25) is 10.0 Å². The summed E-state index contributed by atoms with van der Waals surface area (Å²) in [6.45, 7) is 16.5. The maximum atomic E-state index is 12.9. The van der Waals surface area contributed by atoms with E-state index in [-0.39, 0.29) is 28.5 Å². The number of aliphatic hydroxyl groups is 2. The number of hydrogen-bond acceptors (Lipinski definition) is 4. The van der Waals surface area contributed by atoms with Crippen LogP contribution in [0.3, 0.4) is 0 Å². The van der Waals surface area contributed by atoms with E-state index in [1.807, 2.05) is 12.1 Å². The Morgan fingerprint density at radius 3 is 2.24 bits per heavy atom. The first-order valence-corrected chi connectivity index (χ1v) is 18.6. The van der Waals surface area contributed by atoms with Gasteiger partial charge in [0.1, 0.15) is 0 Å².